The van der Waals surface area contributed by atoms with E-state index < -0.39 is 67.1 Å². The van der Waals surface area contributed by atoms with E-state index in [-0.39, 0.29) is 34.0 Å². The molecule has 1 aliphatic carbocycles. The lowest BCUT2D eigenvalue weighted by atomic mass is 9.62. The van der Waals surface area contributed by atoms with E-state index in [0.29, 0.717) is 0 Å². The van der Waals surface area contributed by atoms with E-state index in [1.54, 1.807) is 0 Å². The predicted molar refractivity (Wildman–Crippen MR) is 119 cm³/mol. The second kappa shape index (κ2) is 9.02. The van der Waals surface area contributed by atoms with Crippen LogP contribution in [0.25, 0.3) is 0 Å². The Balaban J connectivity index is 1.91. The summed E-state index contributed by atoms with van der Waals surface area (Å²) < 4.78 is 51.1. The molecule has 0 spiro atoms. The van der Waals surface area contributed by atoms with Crippen molar-refractivity contribution in [2.45, 2.75) is 37.9 Å². The van der Waals surface area contributed by atoms with Crippen molar-refractivity contribution in [1.29, 1.82) is 0 Å². The summed E-state index contributed by atoms with van der Waals surface area (Å²) in [6, 6.07) is 3.83. The van der Waals surface area contributed by atoms with Crippen LogP contribution in [0.1, 0.15) is 36.8 Å². The number of sulfonamides is 2. The topological polar surface area (TPSA) is 219 Å². The van der Waals surface area contributed by atoms with Crippen LogP contribution in [0, 0.1) is 0 Å². The monoisotopic (exact) mass is 516 g/mol. The van der Waals surface area contributed by atoms with Crippen LogP contribution >= 0.6 is 0 Å². The summed E-state index contributed by atoms with van der Waals surface area (Å²) in [6.45, 7) is 2.76. The van der Waals surface area contributed by atoms with Gasteiger partial charge < -0.3 is 30.6 Å². The Morgan fingerprint density at radius 3 is 1.18 bits per heavy atom. The average Bonchev–Trinajstić information content (AvgIpc) is 2.72. The van der Waals surface area contributed by atoms with Gasteiger partial charge in [-0.1, -0.05) is 0 Å². The van der Waals surface area contributed by atoms with Gasteiger partial charge in [-0.2, -0.15) is 0 Å². The SMILES string of the molecule is CCS(=O)(=O)Nc1cc(O)c(C2C([O-])C(c3c(O)cc(NS(=O)(=O)CC)cc3O)C2[O-])c(O)c1. The van der Waals surface area contributed by atoms with Gasteiger partial charge in [0.15, 0.2) is 0 Å². The van der Waals surface area contributed by atoms with Crippen molar-refractivity contribution >= 4 is 31.4 Å². The Morgan fingerprint density at radius 2 is 0.941 bits per heavy atom. The van der Waals surface area contributed by atoms with Crippen LogP contribution in [0.3, 0.4) is 0 Å². The third-order valence-electron chi connectivity index (χ3n) is 5.66. The van der Waals surface area contributed by atoms with Gasteiger partial charge in [-0.05, 0) is 25.7 Å². The molecule has 0 amide bonds. The van der Waals surface area contributed by atoms with Crippen molar-refractivity contribution in [1.82, 2.24) is 0 Å². The third kappa shape index (κ3) is 4.80. The van der Waals surface area contributed by atoms with Crippen LogP contribution in [-0.2, 0) is 20.0 Å². The Kier molecular flexibility index (Phi) is 6.81. The number of nitrogens with one attached hydrogen (secondary N) is 2. The second-order valence-corrected chi connectivity index (χ2v) is 11.9. The maximum absolute atomic E-state index is 12.9. The standard InChI is InChI=1S/C20H24N2O10S2/c1-3-33(29,30)21-9-5-11(23)15(12(24)6-9)17-19(27)18(20(17)28)16-13(25)7-10(8-14(16)26)22-34(31,32)4-2/h5-8,17-26H,3-4H2,1-2H3/q-2. The summed E-state index contributed by atoms with van der Waals surface area (Å²) in [5.41, 5.74) is -1.08. The van der Waals surface area contributed by atoms with Crippen LogP contribution in [0.4, 0.5) is 11.4 Å². The van der Waals surface area contributed by atoms with Crippen LogP contribution in [0.5, 0.6) is 23.0 Å². The van der Waals surface area contributed by atoms with E-state index in [9.17, 15) is 47.5 Å². The zero-order valence-corrected chi connectivity index (χ0v) is 19.7. The average molecular weight is 517 g/mol. The fourth-order valence-electron chi connectivity index (χ4n) is 3.88. The maximum atomic E-state index is 12.9. The summed E-state index contributed by atoms with van der Waals surface area (Å²) in [6.07, 6.45) is -3.60. The number of benzene rings is 2. The second-order valence-electron chi connectivity index (χ2n) is 7.85. The number of anilines is 2. The lowest BCUT2D eigenvalue weighted by Crippen LogP contribution is -2.63. The van der Waals surface area contributed by atoms with Crippen LogP contribution < -0.4 is 19.7 Å². The number of aromatic hydroxyl groups is 4. The maximum Gasteiger partial charge on any atom is 0.232 e. The van der Waals surface area contributed by atoms with E-state index in [4.69, 9.17) is 0 Å². The first-order valence-corrected chi connectivity index (χ1v) is 13.5. The van der Waals surface area contributed by atoms with Gasteiger partial charge in [-0.25, -0.2) is 16.8 Å². The van der Waals surface area contributed by atoms with Crippen molar-refractivity contribution < 1.29 is 47.5 Å². The molecule has 1 aliphatic rings. The number of rotatable bonds is 8. The molecule has 0 radical (unpaired) electrons. The molecule has 0 bridgehead atoms. The minimum absolute atomic E-state index is 0.165. The van der Waals surface area contributed by atoms with E-state index >= 15 is 0 Å². The molecule has 0 aliphatic heterocycles. The van der Waals surface area contributed by atoms with Gasteiger partial charge >= 0.3 is 0 Å². The smallest absolute Gasteiger partial charge is 0.232 e. The van der Waals surface area contributed by atoms with Gasteiger partial charge in [0.2, 0.25) is 20.0 Å². The highest BCUT2D eigenvalue weighted by molar-refractivity contribution is 7.92. The minimum atomic E-state index is -3.72. The molecule has 3 rings (SSSR count). The zero-order chi connectivity index (χ0) is 25.6. The van der Waals surface area contributed by atoms with Crippen molar-refractivity contribution in [3.05, 3.63) is 35.4 Å². The summed E-state index contributed by atoms with van der Waals surface area (Å²) in [4.78, 5) is 0. The first-order valence-electron chi connectivity index (χ1n) is 10.2. The fraction of sp³-hybridized carbons (Fsp3) is 0.400. The summed E-state index contributed by atoms with van der Waals surface area (Å²) in [5.74, 6) is -6.13. The van der Waals surface area contributed by atoms with E-state index in [1.807, 2.05) is 0 Å². The van der Waals surface area contributed by atoms with Gasteiger partial charge in [-0.3, -0.25) is 9.44 Å². The molecule has 0 heterocycles. The Morgan fingerprint density at radius 1 is 0.676 bits per heavy atom. The largest absolute Gasteiger partial charge is 0.851 e. The molecule has 2 aromatic carbocycles. The molecule has 0 atom stereocenters. The molecule has 34 heavy (non-hydrogen) atoms. The molecule has 2 aromatic rings. The normalized spacial score (nSPS) is 22.7. The molecule has 12 nitrogen and oxygen atoms in total. The van der Waals surface area contributed by atoms with Gasteiger partial charge in [-0.15, -0.1) is 12.2 Å². The van der Waals surface area contributed by atoms with Crippen molar-refractivity contribution in [3.8, 4) is 23.0 Å². The molecular weight excluding hydrogens is 492 g/mol. The molecular formula is C20H24N2O10S2-2. The molecule has 1 fully saturated rings. The first-order chi connectivity index (χ1) is 15.7. The minimum Gasteiger partial charge on any atom is -0.851 e. The highest BCUT2D eigenvalue weighted by atomic mass is 32.2. The number of phenolic OH excluding ortho intramolecular Hbond substituents is 4. The first kappa shape index (κ1) is 25.7. The molecule has 14 heteroatoms. The molecule has 0 saturated heterocycles. The number of hydrogen-bond donors (Lipinski definition) is 6. The third-order valence-corrected chi connectivity index (χ3v) is 8.28. The molecule has 0 unspecified atom stereocenters. The van der Waals surface area contributed by atoms with Crippen molar-refractivity contribution in [2.24, 2.45) is 0 Å². The molecule has 1 saturated carbocycles. The predicted octanol–water partition coefficient (Wildman–Crippen LogP) is -0.629. The number of hydrogen-bond acceptors (Lipinski definition) is 10. The van der Waals surface area contributed by atoms with E-state index in [2.05, 4.69) is 9.44 Å². The van der Waals surface area contributed by atoms with Crippen molar-refractivity contribution in [3.63, 3.8) is 0 Å². The van der Waals surface area contributed by atoms with Crippen LogP contribution in [0.2, 0.25) is 0 Å². The quantitative estimate of drug-likeness (QED) is 0.261. The Labute approximate surface area is 196 Å². The van der Waals surface area contributed by atoms with Gasteiger partial charge in [0, 0.05) is 35.4 Å². The van der Waals surface area contributed by atoms with Crippen LogP contribution in [-0.4, -0.2) is 61.0 Å². The fourth-order valence-corrected chi connectivity index (χ4v) is 5.13. The highest BCUT2D eigenvalue weighted by Crippen LogP contribution is 2.54. The van der Waals surface area contributed by atoms with Crippen molar-refractivity contribution in [2.75, 3.05) is 20.9 Å². The van der Waals surface area contributed by atoms with E-state index in [1.165, 1.54) is 13.8 Å². The van der Waals surface area contributed by atoms with Gasteiger partial charge in [0.05, 0.1) is 22.9 Å². The molecule has 188 valence electrons. The van der Waals surface area contributed by atoms with E-state index in [0.717, 1.165) is 24.3 Å². The summed E-state index contributed by atoms with van der Waals surface area (Å²) in [5, 5.41) is 67.1. The lowest BCUT2D eigenvalue weighted by Gasteiger charge is -2.61. The molecule has 0 aromatic heterocycles. The molecule has 6 N–H and O–H groups in total. The Hall–Kier alpha value is -2.94. The summed E-state index contributed by atoms with van der Waals surface area (Å²) >= 11 is 0. The number of phenols is 4. The Bertz CT molecular complexity index is 1160. The van der Waals surface area contributed by atoms with Gasteiger partial charge in [0.25, 0.3) is 0 Å². The summed E-state index contributed by atoms with van der Waals surface area (Å²) in [7, 11) is -7.44. The lowest BCUT2D eigenvalue weighted by molar-refractivity contribution is -0.536. The highest BCUT2D eigenvalue weighted by Gasteiger charge is 2.43. The van der Waals surface area contributed by atoms with Crippen LogP contribution in [0.15, 0.2) is 24.3 Å². The van der Waals surface area contributed by atoms with Gasteiger partial charge in [0.1, 0.15) is 23.0 Å². The zero-order valence-electron chi connectivity index (χ0n) is 18.1.